The molecule has 4 heterocycles. The average molecular weight is 781 g/mol. The highest BCUT2D eigenvalue weighted by Crippen LogP contribution is 2.39. The number of ether oxygens (including phenoxy) is 2. The molecular weight excluding hydrogens is 745 g/mol. The Morgan fingerprint density at radius 3 is 2.16 bits per heavy atom. The maximum absolute atomic E-state index is 13.9. The highest BCUT2D eigenvalue weighted by Gasteiger charge is 2.45. The SMILES string of the molecule is Cc1nc(-c2ncc(Oc3ccc(C(C)(C)c4ccc(OC5CC(Nc6ccc7c(c6)C(=O)N(C6CCC(=O)NC6=O)C7=O)C5)cc4)cc3)cc2C(F)(F)F)no1. The van der Waals surface area contributed by atoms with E-state index in [4.69, 9.17) is 14.0 Å². The number of imide groups is 2. The Morgan fingerprint density at radius 1 is 0.860 bits per heavy atom. The lowest BCUT2D eigenvalue weighted by molar-refractivity contribution is -0.138. The molecule has 1 saturated carbocycles. The van der Waals surface area contributed by atoms with Crippen LogP contribution in [0, 0.1) is 6.92 Å². The smallest absolute Gasteiger partial charge is 0.418 e. The Bertz CT molecular complexity index is 2410. The van der Waals surface area contributed by atoms with Gasteiger partial charge in [-0.1, -0.05) is 43.3 Å². The van der Waals surface area contributed by atoms with Gasteiger partial charge in [-0.15, -0.1) is 0 Å². The molecule has 0 radical (unpaired) electrons. The summed E-state index contributed by atoms with van der Waals surface area (Å²) in [5, 5.41) is 9.17. The molecular formula is C41H35F3N6O7. The van der Waals surface area contributed by atoms with Crippen molar-refractivity contribution in [2.45, 2.75) is 76.2 Å². The van der Waals surface area contributed by atoms with Gasteiger partial charge in [-0.05, 0) is 66.1 Å². The van der Waals surface area contributed by atoms with Crippen molar-refractivity contribution in [3.05, 3.63) is 113 Å². The third kappa shape index (κ3) is 7.30. The van der Waals surface area contributed by atoms with Gasteiger partial charge >= 0.3 is 6.18 Å². The molecule has 5 aromatic rings. The second kappa shape index (κ2) is 14.2. The molecule has 57 heavy (non-hydrogen) atoms. The summed E-state index contributed by atoms with van der Waals surface area (Å²) in [5.41, 5.74) is 1.15. The summed E-state index contributed by atoms with van der Waals surface area (Å²) in [6.07, 6.45) is -2.00. The van der Waals surface area contributed by atoms with Gasteiger partial charge in [0.25, 0.3) is 11.8 Å². The Kier molecular flexibility index (Phi) is 9.29. The van der Waals surface area contributed by atoms with E-state index in [0.29, 0.717) is 30.0 Å². The minimum Gasteiger partial charge on any atom is -0.490 e. The lowest BCUT2D eigenvalue weighted by atomic mass is 9.78. The molecule has 3 aliphatic rings. The Morgan fingerprint density at radius 2 is 1.53 bits per heavy atom. The zero-order valence-electron chi connectivity index (χ0n) is 30.8. The highest BCUT2D eigenvalue weighted by molar-refractivity contribution is 6.23. The number of carbonyl (C=O) groups excluding carboxylic acids is 4. The maximum atomic E-state index is 13.9. The number of nitrogens with zero attached hydrogens (tertiary/aromatic N) is 4. The molecule has 4 amide bonds. The van der Waals surface area contributed by atoms with Crippen LogP contribution in [0.1, 0.15) is 82.8 Å². The predicted molar refractivity (Wildman–Crippen MR) is 197 cm³/mol. The monoisotopic (exact) mass is 780 g/mol. The van der Waals surface area contributed by atoms with Crippen molar-refractivity contribution in [3.8, 4) is 28.8 Å². The first-order valence-electron chi connectivity index (χ1n) is 18.2. The first kappa shape index (κ1) is 37.3. The van der Waals surface area contributed by atoms with Crippen LogP contribution in [0.5, 0.6) is 17.2 Å². The summed E-state index contributed by atoms with van der Waals surface area (Å²) in [5.74, 6) is -1.38. The number of piperidine rings is 1. The molecule has 3 aromatic carbocycles. The van der Waals surface area contributed by atoms with Crippen molar-refractivity contribution in [2.75, 3.05) is 5.32 Å². The molecule has 292 valence electrons. The number of carbonyl (C=O) groups is 4. The minimum atomic E-state index is -4.73. The quantitative estimate of drug-likeness (QED) is 0.140. The van der Waals surface area contributed by atoms with E-state index in [1.165, 1.54) is 13.1 Å². The van der Waals surface area contributed by atoms with E-state index < -0.39 is 52.5 Å². The first-order valence-corrected chi connectivity index (χ1v) is 18.2. The van der Waals surface area contributed by atoms with Gasteiger partial charge in [-0.2, -0.15) is 18.2 Å². The fourth-order valence-electron chi connectivity index (χ4n) is 7.25. The summed E-state index contributed by atoms with van der Waals surface area (Å²) in [4.78, 5) is 58.9. The number of aryl methyl sites for hydroxylation is 1. The summed E-state index contributed by atoms with van der Waals surface area (Å²) in [7, 11) is 0. The lowest BCUT2D eigenvalue weighted by Crippen LogP contribution is -2.54. The van der Waals surface area contributed by atoms with Crippen molar-refractivity contribution in [2.24, 2.45) is 0 Å². The number of hydrogen-bond acceptors (Lipinski definition) is 11. The van der Waals surface area contributed by atoms with E-state index in [9.17, 15) is 32.3 Å². The number of amides is 4. The van der Waals surface area contributed by atoms with Crippen LogP contribution in [-0.2, 0) is 21.2 Å². The van der Waals surface area contributed by atoms with Gasteiger partial charge in [0.05, 0.1) is 22.9 Å². The number of rotatable bonds is 10. The molecule has 1 atom stereocenters. The fraction of sp³-hybridized carbons (Fsp3) is 0.293. The third-order valence-electron chi connectivity index (χ3n) is 10.5. The standard InChI is InChI=1S/C41H35F3N6O7/c1-21-46-36(49-57-21)35-32(41(42,43)44)19-29(20-45-35)56-27-11-6-23(7-12-27)40(2,3)22-4-9-26(10-5-22)55-28-16-25(17-28)47-24-8-13-30-31(18-24)39(54)50(38(30)53)33-14-15-34(51)48-37(33)52/h4-13,18-20,25,28,33,47H,14-17H2,1-3H3,(H,48,51,52). The summed E-state index contributed by atoms with van der Waals surface area (Å²) in [6.45, 7) is 5.60. The van der Waals surface area contributed by atoms with Crippen LogP contribution < -0.4 is 20.1 Å². The second-order valence-corrected chi connectivity index (χ2v) is 14.7. The van der Waals surface area contributed by atoms with Crippen LogP contribution in [-0.4, -0.2) is 61.8 Å². The van der Waals surface area contributed by atoms with Crippen molar-refractivity contribution in [1.82, 2.24) is 25.3 Å². The van der Waals surface area contributed by atoms with Gasteiger partial charge in [0, 0.05) is 43.3 Å². The molecule has 1 unspecified atom stereocenters. The Hall–Kier alpha value is -6.58. The first-order chi connectivity index (χ1) is 27.1. The van der Waals surface area contributed by atoms with E-state index in [0.717, 1.165) is 22.1 Å². The molecule has 0 bridgehead atoms. The topological polar surface area (TPSA) is 166 Å². The normalized spacial score (nSPS) is 19.5. The summed E-state index contributed by atoms with van der Waals surface area (Å²) in [6, 6.07) is 19.8. The molecule has 1 saturated heterocycles. The molecule has 16 heteroatoms. The molecule has 13 nitrogen and oxygen atoms in total. The van der Waals surface area contributed by atoms with E-state index in [2.05, 4.69) is 39.6 Å². The number of pyridine rings is 1. The van der Waals surface area contributed by atoms with Gasteiger partial charge in [0.1, 0.15) is 35.1 Å². The number of benzene rings is 3. The molecule has 8 rings (SSSR count). The van der Waals surface area contributed by atoms with E-state index >= 15 is 0 Å². The number of aromatic nitrogens is 3. The Balaban J connectivity index is 0.850. The molecule has 2 fully saturated rings. The van der Waals surface area contributed by atoms with Gasteiger partial charge in [-0.25, -0.2) is 4.98 Å². The van der Waals surface area contributed by atoms with E-state index in [-0.39, 0.29) is 53.6 Å². The van der Waals surface area contributed by atoms with Gasteiger partial charge < -0.3 is 19.3 Å². The van der Waals surface area contributed by atoms with Crippen LogP contribution in [0.15, 0.2) is 83.5 Å². The number of anilines is 1. The fourth-order valence-corrected chi connectivity index (χ4v) is 7.25. The molecule has 1 aliphatic carbocycles. The average Bonchev–Trinajstić information content (AvgIpc) is 3.70. The van der Waals surface area contributed by atoms with Gasteiger partial charge in [0.15, 0.2) is 0 Å². The summed E-state index contributed by atoms with van der Waals surface area (Å²) >= 11 is 0. The minimum absolute atomic E-state index is 0.0312. The lowest BCUT2D eigenvalue weighted by Gasteiger charge is -2.36. The van der Waals surface area contributed by atoms with Crippen LogP contribution in [0.3, 0.4) is 0 Å². The van der Waals surface area contributed by atoms with E-state index in [1.807, 2.05) is 36.4 Å². The molecule has 2 N–H and O–H groups in total. The van der Waals surface area contributed by atoms with Crippen LogP contribution in [0.25, 0.3) is 11.5 Å². The highest BCUT2D eigenvalue weighted by atomic mass is 19.4. The van der Waals surface area contributed by atoms with Crippen LogP contribution in [0.4, 0.5) is 18.9 Å². The van der Waals surface area contributed by atoms with Crippen LogP contribution in [0.2, 0.25) is 0 Å². The number of halogens is 3. The van der Waals surface area contributed by atoms with Crippen molar-refractivity contribution in [1.29, 1.82) is 0 Å². The second-order valence-electron chi connectivity index (χ2n) is 14.7. The number of alkyl halides is 3. The third-order valence-corrected chi connectivity index (χ3v) is 10.5. The van der Waals surface area contributed by atoms with Crippen molar-refractivity contribution in [3.63, 3.8) is 0 Å². The van der Waals surface area contributed by atoms with Crippen molar-refractivity contribution >= 4 is 29.3 Å². The molecule has 0 spiro atoms. The number of fused-ring (bicyclic) bond motifs is 1. The van der Waals surface area contributed by atoms with Gasteiger partial charge in [-0.3, -0.25) is 29.4 Å². The predicted octanol–water partition coefficient (Wildman–Crippen LogP) is 7.00. The number of nitrogens with one attached hydrogen (secondary N) is 2. The molecule has 2 aromatic heterocycles. The maximum Gasteiger partial charge on any atom is 0.418 e. The zero-order chi connectivity index (χ0) is 40.2. The number of hydrogen-bond donors (Lipinski definition) is 2. The zero-order valence-corrected chi connectivity index (χ0v) is 30.8. The van der Waals surface area contributed by atoms with Crippen LogP contribution >= 0.6 is 0 Å². The summed E-state index contributed by atoms with van der Waals surface area (Å²) < 4.78 is 58.5. The van der Waals surface area contributed by atoms with E-state index in [1.54, 1.807) is 30.3 Å². The van der Waals surface area contributed by atoms with Gasteiger partial charge in [0.2, 0.25) is 23.5 Å². The Labute approximate surface area is 323 Å². The molecule has 2 aliphatic heterocycles. The largest absolute Gasteiger partial charge is 0.490 e. The van der Waals surface area contributed by atoms with Crippen molar-refractivity contribution < 1.29 is 46.3 Å².